The maximum atomic E-state index is 12.0. The van der Waals surface area contributed by atoms with Crippen LogP contribution in [0.15, 0.2) is 0 Å². The second-order valence-corrected chi connectivity index (χ2v) is 11.0. The third-order valence-corrected chi connectivity index (χ3v) is 9.83. The molecule has 0 spiro atoms. The zero-order valence-electron chi connectivity index (χ0n) is 12.8. The Balaban J connectivity index is 5.36. The molecule has 0 saturated heterocycles. The van der Waals surface area contributed by atoms with Gasteiger partial charge in [-0.15, -0.1) is 0 Å². The maximum Gasteiger partial charge on any atom is 0.931 e. The lowest BCUT2D eigenvalue weighted by atomic mass is 11.8. The van der Waals surface area contributed by atoms with Crippen molar-refractivity contribution >= 4 is 38.6 Å². The van der Waals surface area contributed by atoms with Gasteiger partial charge < -0.3 is 10.7 Å². The summed E-state index contributed by atoms with van der Waals surface area (Å²) in [6, 6.07) is 0. The van der Waals surface area contributed by atoms with Crippen LogP contribution in [0, 0.1) is 0 Å². The molecule has 22 heavy (non-hydrogen) atoms. The first-order valence-corrected chi connectivity index (χ1v) is 11.1. The molecule has 0 unspecified atom stereocenters. The topological polar surface area (TPSA) is 134 Å². The molecule has 0 aromatic carbocycles. The highest BCUT2D eigenvalue weighted by molar-refractivity contribution is 7.53. The van der Waals surface area contributed by atoms with E-state index in [0.717, 1.165) is 42.7 Å². The molecule has 16 heteroatoms. The van der Waals surface area contributed by atoms with E-state index in [1.165, 1.54) is 0 Å². The molecule has 0 saturated carbocycles. The maximum absolute atomic E-state index is 12.0. The van der Waals surface area contributed by atoms with Gasteiger partial charge in [0.1, 0.15) is 0 Å². The number of phosphoric acid groups is 3. The van der Waals surface area contributed by atoms with Crippen LogP contribution in [0.2, 0.25) is 0 Å². The summed E-state index contributed by atoms with van der Waals surface area (Å²) in [4.78, 5) is 0. The fraction of sp³-hybridized carbons (Fsp3) is 1.00. The van der Waals surface area contributed by atoms with Crippen LogP contribution in [0.3, 0.4) is 0 Å². The van der Waals surface area contributed by atoms with Crippen molar-refractivity contribution in [3.63, 3.8) is 0 Å². The Hall–Kier alpha value is 0.862. The standard InChI is InChI=1S/3C2H7O4P.Al/c3*1-5-7(3,4)6-2;/h3*1-2H3,(H,3,4);/q;;;+3/p-3. The molecule has 0 heterocycles. The van der Waals surface area contributed by atoms with Crippen molar-refractivity contribution in [1.29, 1.82) is 0 Å². The monoisotopic (exact) mass is 402 g/mol. The minimum absolute atomic E-state index is 1.02. The van der Waals surface area contributed by atoms with E-state index in [0.29, 0.717) is 0 Å². The number of hydrogen-bond acceptors (Lipinski definition) is 12. The lowest BCUT2D eigenvalue weighted by Gasteiger charge is -2.23. The van der Waals surface area contributed by atoms with E-state index in [-0.39, 0.29) is 0 Å². The molecule has 0 aliphatic rings. The van der Waals surface area contributed by atoms with Crippen molar-refractivity contribution in [2.45, 2.75) is 0 Å². The highest BCUT2D eigenvalue weighted by atomic mass is 31.2. The Labute approximate surface area is 133 Å². The molecule has 0 rings (SSSR count). The third kappa shape index (κ3) is 7.18. The van der Waals surface area contributed by atoms with Gasteiger partial charge in [0.25, 0.3) is 0 Å². The predicted molar refractivity (Wildman–Crippen MR) is 73.9 cm³/mol. The average Bonchev–Trinajstić information content (AvgIpc) is 2.54. The Bertz CT molecular complexity index is 379. The van der Waals surface area contributed by atoms with Gasteiger partial charge in [0.15, 0.2) is 0 Å². The van der Waals surface area contributed by atoms with Crippen molar-refractivity contribution in [3.8, 4) is 0 Å². The molecular weight excluding hydrogens is 384 g/mol. The van der Waals surface area contributed by atoms with Crippen LogP contribution in [-0.4, -0.2) is 57.8 Å². The van der Waals surface area contributed by atoms with Crippen LogP contribution >= 0.6 is 23.5 Å². The second kappa shape index (κ2) is 9.99. The summed E-state index contributed by atoms with van der Waals surface area (Å²) >= 11 is -3.75. The van der Waals surface area contributed by atoms with Crippen LogP contribution < -0.4 is 0 Å². The molecule has 0 atom stereocenters. The van der Waals surface area contributed by atoms with Gasteiger partial charge in [-0.05, 0) is 0 Å². The van der Waals surface area contributed by atoms with E-state index in [1.54, 1.807) is 0 Å². The van der Waals surface area contributed by atoms with E-state index in [4.69, 9.17) is 10.7 Å². The van der Waals surface area contributed by atoms with Crippen molar-refractivity contribution in [1.82, 2.24) is 0 Å². The highest BCUT2D eigenvalue weighted by Crippen LogP contribution is 2.57. The van der Waals surface area contributed by atoms with E-state index in [1.807, 2.05) is 0 Å². The zero-order chi connectivity index (χ0) is 17.4. The molecule has 0 radical (unpaired) electrons. The molecule has 0 aliphatic carbocycles. The summed E-state index contributed by atoms with van der Waals surface area (Å²) in [6.07, 6.45) is 0. The summed E-state index contributed by atoms with van der Waals surface area (Å²) in [5.74, 6) is 0. The summed E-state index contributed by atoms with van der Waals surface area (Å²) in [5, 5.41) is 0. The Morgan fingerprint density at radius 2 is 0.682 bits per heavy atom. The Morgan fingerprint density at radius 3 is 0.818 bits per heavy atom. The van der Waals surface area contributed by atoms with Gasteiger partial charge in [0.05, 0.1) is 0 Å². The normalized spacial score (nSPS) is 13.4. The molecule has 0 N–H and O–H groups in total. The molecule has 0 fully saturated rings. The van der Waals surface area contributed by atoms with Crippen LogP contribution in [0.4, 0.5) is 0 Å². The first kappa shape index (κ1) is 22.9. The van der Waals surface area contributed by atoms with E-state index in [9.17, 15) is 13.7 Å². The first-order valence-electron chi connectivity index (χ1n) is 5.35. The summed E-state index contributed by atoms with van der Waals surface area (Å²) in [5.41, 5.74) is 0. The Kier molecular flexibility index (Phi) is 10.4. The van der Waals surface area contributed by atoms with Crippen LogP contribution in [-0.2, 0) is 51.6 Å². The van der Waals surface area contributed by atoms with Gasteiger partial charge in [0, 0.05) is 42.7 Å². The number of phosphoric ester groups is 3. The van der Waals surface area contributed by atoms with E-state index >= 15 is 0 Å². The second-order valence-electron chi connectivity index (χ2n) is 3.04. The molecule has 12 nitrogen and oxygen atoms in total. The van der Waals surface area contributed by atoms with Crippen molar-refractivity contribution in [2.75, 3.05) is 42.7 Å². The van der Waals surface area contributed by atoms with Crippen molar-refractivity contribution in [2.24, 2.45) is 0 Å². The van der Waals surface area contributed by atoms with E-state index < -0.39 is 38.6 Å². The molecule has 0 aromatic rings. The Morgan fingerprint density at radius 1 is 0.500 bits per heavy atom. The lowest BCUT2D eigenvalue weighted by molar-refractivity contribution is 0.136. The number of rotatable bonds is 12. The van der Waals surface area contributed by atoms with Gasteiger partial charge >= 0.3 is 38.6 Å². The van der Waals surface area contributed by atoms with Crippen LogP contribution in [0.5, 0.6) is 0 Å². The molecule has 0 amide bonds. The fourth-order valence-electron chi connectivity index (χ4n) is 0.856. The number of hydrogen-bond donors (Lipinski definition) is 0. The predicted octanol–water partition coefficient (Wildman–Crippen LogP) is 2.22. The highest BCUT2D eigenvalue weighted by Gasteiger charge is 2.52. The average molecular weight is 402 g/mol. The summed E-state index contributed by atoms with van der Waals surface area (Å²) in [7, 11) is -6.18. The third-order valence-electron chi connectivity index (χ3n) is 1.99. The smallest absolute Gasteiger partial charge is 0.362 e. The van der Waals surface area contributed by atoms with Gasteiger partial charge in [-0.1, -0.05) is 0 Å². The van der Waals surface area contributed by atoms with Gasteiger partial charge in [-0.3, -0.25) is 27.1 Å². The van der Waals surface area contributed by atoms with Crippen molar-refractivity contribution < 1.29 is 51.6 Å². The SMILES string of the molecule is COP(=O)(OC)[O][Al]([O]P(=O)(OC)OC)[O]P(=O)(OC)OC. The lowest BCUT2D eigenvalue weighted by Crippen LogP contribution is -2.25. The minimum Gasteiger partial charge on any atom is -0.362 e. The van der Waals surface area contributed by atoms with Crippen molar-refractivity contribution in [3.05, 3.63) is 0 Å². The van der Waals surface area contributed by atoms with Crippen LogP contribution in [0.25, 0.3) is 0 Å². The molecule has 0 aliphatic heterocycles. The largest absolute Gasteiger partial charge is 0.931 e. The quantitative estimate of drug-likeness (QED) is 0.350. The minimum atomic E-state index is -4.10. The molecule has 0 aromatic heterocycles. The van der Waals surface area contributed by atoms with Gasteiger partial charge in [0.2, 0.25) is 0 Å². The van der Waals surface area contributed by atoms with E-state index in [2.05, 4.69) is 27.1 Å². The van der Waals surface area contributed by atoms with Gasteiger partial charge in [-0.2, -0.15) is 0 Å². The summed E-state index contributed by atoms with van der Waals surface area (Å²) < 4.78 is 77.6. The van der Waals surface area contributed by atoms with Gasteiger partial charge in [-0.25, -0.2) is 13.7 Å². The summed E-state index contributed by atoms with van der Waals surface area (Å²) in [6.45, 7) is 0. The molecule has 132 valence electrons. The fourth-order valence-corrected chi connectivity index (χ4v) is 7.40. The zero-order valence-corrected chi connectivity index (χ0v) is 16.7. The van der Waals surface area contributed by atoms with Crippen LogP contribution in [0.1, 0.15) is 0 Å². The first-order chi connectivity index (χ1) is 10.1. The molecule has 0 bridgehead atoms. The molecular formula is C6H18AlO12P3.